The Labute approximate surface area is 109 Å². The Bertz CT molecular complexity index is 446. The van der Waals surface area contributed by atoms with Crippen molar-refractivity contribution in [1.82, 2.24) is 4.90 Å². The number of piperidine rings is 1. The molecule has 0 radical (unpaired) electrons. The van der Waals surface area contributed by atoms with Crippen molar-refractivity contribution in [1.29, 1.82) is 0 Å². The summed E-state index contributed by atoms with van der Waals surface area (Å²) < 4.78 is 11.5. The van der Waals surface area contributed by atoms with Crippen LogP contribution in [0.5, 0.6) is 5.75 Å². The normalized spacial score (nSPS) is 31.6. The highest BCUT2D eigenvalue weighted by atomic mass is 16.5. The topological polar surface area (TPSA) is 21.7 Å². The van der Waals surface area contributed by atoms with Gasteiger partial charge in [-0.3, -0.25) is 0 Å². The van der Waals surface area contributed by atoms with Gasteiger partial charge in [0.15, 0.2) is 0 Å². The number of rotatable bonds is 1. The first-order valence-electron chi connectivity index (χ1n) is 6.71. The van der Waals surface area contributed by atoms with Crippen LogP contribution in [0.4, 0.5) is 0 Å². The number of ether oxygens (including phenoxy) is 2. The molecular formula is C15H21NO2. The molecule has 1 fully saturated rings. The van der Waals surface area contributed by atoms with Crippen molar-refractivity contribution < 1.29 is 9.47 Å². The second-order valence-corrected chi connectivity index (χ2v) is 5.47. The van der Waals surface area contributed by atoms with Crippen molar-refractivity contribution in [2.24, 2.45) is 0 Å². The zero-order valence-electron chi connectivity index (χ0n) is 11.3. The van der Waals surface area contributed by atoms with Crippen LogP contribution in [0.3, 0.4) is 0 Å². The lowest BCUT2D eigenvalue weighted by Gasteiger charge is -2.43. The summed E-state index contributed by atoms with van der Waals surface area (Å²) in [6, 6.07) is 6.39. The van der Waals surface area contributed by atoms with Crippen LogP contribution < -0.4 is 4.74 Å². The predicted octanol–water partition coefficient (Wildman–Crippen LogP) is 2.57. The van der Waals surface area contributed by atoms with E-state index in [-0.39, 0.29) is 6.10 Å². The third-order valence-corrected chi connectivity index (χ3v) is 4.26. The molecule has 3 heteroatoms. The van der Waals surface area contributed by atoms with Gasteiger partial charge in [0.1, 0.15) is 5.75 Å². The summed E-state index contributed by atoms with van der Waals surface area (Å²) in [7, 11) is 3.92. The summed E-state index contributed by atoms with van der Waals surface area (Å²) in [6.07, 6.45) is 1.70. The molecule has 0 aromatic heterocycles. The standard InChI is InChI=1S/C15H21NO2/c1-10-12-5-4-11(17-3)8-13(12)14-9-16(2)7-6-15(14)18-10/h4-5,8,10,14-15H,6-7,9H2,1-3H3/t10?,14-,15+/m1/s1. The van der Waals surface area contributed by atoms with Crippen molar-refractivity contribution in [3.8, 4) is 5.75 Å². The Morgan fingerprint density at radius 1 is 1.33 bits per heavy atom. The second kappa shape index (κ2) is 4.56. The zero-order chi connectivity index (χ0) is 12.7. The summed E-state index contributed by atoms with van der Waals surface area (Å²) in [5, 5.41) is 0. The molecule has 2 aliphatic rings. The van der Waals surface area contributed by atoms with Crippen LogP contribution in [0.1, 0.15) is 36.5 Å². The molecule has 3 nitrogen and oxygen atoms in total. The number of hydrogen-bond acceptors (Lipinski definition) is 3. The molecule has 1 unspecified atom stereocenters. The van der Waals surface area contributed by atoms with Crippen LogP contribution >= 0.6 is 0 Å². The lowest BCUT2D eigenvalue weighted by Crippen LogP contribution is -2.43. The van der Waals surface area contributed by atoms with Gasteiger partial charge in [0.25, 0.3) is 0 Å². The maximum atomic E-state index is 6.17. The molecule has 0 amide bonds. The van der Waals surface area contributed by atoms with Gasteiger partial charge >= 0.3 is 0 Å². The molecule has 0 spiro atoms. The van der Waals surface area contributed by atoms with E-state index in [9.17, 15) is 0 Å². The Morgan fingerprint density at radius 2 is 2.17 bits per heavy atom. The average molecular weight is 247 g/mol. The Kier molecular flexibility index (Phi) is 3.04. The molecule has 2 aliphatic heterocycles. The zero-order valence-corrected chi connectivity index (χ0v) is 11.3. The molecule has 1 aromatic rings. The Hall–Kier alpha value is -1.06. The number of methoxy groups -OCH3 is 1. The average Bonchev–Trinajstić information content (AvgIpc) is 2.39. The first kappa shape index (κ1) is 12.0. The van der Waals surface area contributed by atoms with Crippen LogP contribution in [0.2, 0.25) is 0 Å². The SMILES string of the molecule is COc1ccc2c(c1)[C@H]1CN(C)CC[C@@H]1OC2C. The molecule has 3 atom stereocenters. The highest BCUT2D eigenvalue weighted by Crippen LogP contribution is 2.42. The van der Waals surface area contributed by atoms with E-state index < -0.39 is 0 Å². The fraction of sp³-hybridized carbons (Fsp3) is 0.600. The summed E-state index contributed by atoms with van der Waals surface area (Å²) in [5.41, 5.74) is 2.75. The number of nitrogens with zero attached hydrogens (tertiary/aromatic N) is 1. The fourth-order valence-corrected chi connectivity index (χ4v) is 3.26. The molecule has 0 N–H and O–H groups in total. The number of fused-ring (bicyclic) bond motifs is 3. The van der Waals surface area contributed by atoms with Gasteiger partial charge in [-0.15, -0.1) is 0 Å². The fourth-order valence-electron chi connectivity index (χ4n) is 3.26. The Balaban J connectivity index is 2.02. The van der Waals surface area contributed by atoms with E-state index in [1.807, 2.05) is 6.07 Å². The molecular weight excluding hydrogens is 226 g/mol. The van der Waals surface area contributed by atoms with Gasteiger partial charge in [0.2, 0.25) is 0 Å². The van der Waals surface area contributed by atoms with E-state index in [0.29, 0.717) is 12.0 Å². The largest absolute Gasteiger partial charge is 0.497 e. The number of likely N-dealkylation sites (tertiary alicyclic amines) is 1. The van der Waals surface area contributed by atoms with Gasteiger partial charge in [0.05, 0.1) is 19.3 Å². The van der Waals surface area contributed by atoms with Crippen molar-refractivity contribution in [2.75, 3.05) is 27.2 Å². The maximum Gasteiger partial charge on any atom is 0.119 e. The van der Waals surface area contributed by atoms with E-state index >= 15 is 0 Å². The van der Waals surface area contributed by atoms with Crippen LogP contribution in [-0.4, -0.2) is 38.3 Å². The van der Waals surface area contributed by atoms with Gasteiger partial charge in [-0.25, -0.2) is 0 Å². The number of likely N-dealkylation sites (N-methyl/N-ethyl adjacent to an activating group) is 1. The quantitative estimate of drug-likeness (QED) is 0.761. The molecule has 3 rings (SSSR count). The third kappa shape index (κ3) is 1.91. The van der Waals surface area contributed by atoms with Crippen LogP contribution in [-0.2, 0) is 4.74 Å². The maximum absolute atomic E-state index is 6.17. The summed E-state index contributed by atoms with van der Waals surface area (Å²) in [6.45, 7) is 4.37. The molecule has 0 aliphatic carbocycles. The molecule has 2 heterocycles. The van der Waals surface area contributed by atoms with Crippen molar-refractivity contribution >= 4 is 0 Å². The van der Waals surface area contributed by atoms with Gasteiger partial charge in [-0.2, -0.15) is 0 Å². The van der Waals surface area contributed by atoms with Gasteiger partial charge in [-0.05, 0) is 43.7 Å². The van der Waals surface area contributed by atoms with E-state index in [1.54, 1.807) is 7.11 Å². The molecule has 1 aromatic carbocycles. The molecule has 0 saturated carbocycles. The molecule has 98 valence electrons. The van der Waals surface area contributed by atoms with Gasteiger partial charge in [0, 0.05) is 19.0 Å². The van der Waals surface area contributed by atoms with Gasteiger partial charge in [-0.1, -0.05) is 6.07 Å². The predicted molar refractivity (Wildman–Crippen MR) is 71.1 cm³/mol. The summed E-state index contributed by atoms with van der Waals surface area (Å²) in [4.78, 5) is 2.39. The first-order valence-corrected chi connectivity index (χ1v) is 6.71. The van der Waals surface area contributed by atoms with E-state index in [0.717, 1.165) is 25.3 Å². The van der Waals surface area contributed by atoms with Crippen molar-refractivity contribution in [2.45, 2.75) is 31.5 Å². The monoisotopic (exact) mass is 247 g/mol. The van der Waals surface area contributed by atoms with Crippen molar-refractivity contribution in [3.63, 3.8) is 0 Å². The number of hydrogen-bond donors (Lipinski definition) is 0. The third-order valence-electron chi connectivity index (χ3n) is 4.26. The summed E-state index contributed by atoms with van der Waals surface area (Å²) >= 11 is 0. The number of benzene rings is 1. The lowest BCUT2D eigenvalue weighted by atomic mass is 9.81. The Morgan fingerprint density at radius 3 is 2.94 bits per heavy atom. The molecule has 1 saturated heterocycles. The van der Waals surface area contributed by atoms with E-state index in [4.69, 9.17) is 9.47 Å². The van der Waals surface area contributed by atoms with Crippen LogP contribution in [0.15, 0.2) is 18.2 Å². The van der Waals surface area contributed by atoms with Crippen LogP contribution in [0.25, 0.3) is 0 Å². The van der Waals surface area contributed by atoms with E-state index in [1.165, 1.54) is 11.1 Å². The van der Waals surface area contributed by atoms with E-state index in [2.05, 4.69) is 31.0 Å². The highest BCUT2D eigenvalue weighted by molar-refractivity contribution is 5.41. The smallest absolute Gasteiger partial charge is 0.119 e. The minimum Gasteiger partial charge on any atom is -0.497 e. The van der Waals surface area contributed by atoms with Gasteiger partial charge < -0.3 is 14.4 Å². The highest BCUT2D eigenvalue weighted by Gasteiger charge is 2.37. The molecule has 18 heavy (non-hydrogen) atoms. The first-order chi connectivity index (χ1) is 8.69. The minimum atomic E-state index is 0.204. The minimum absolute atomic E-state index is 0.204. The second-order valence-electron chi connectivity index (χ2n) is 5.47. The summed E-state index contributed by atoms with van der Waals surface area (Å²) in [5.74, 6) is 1.44. The molecule has 0 bridgehead atoms. The van der Waals surface area contributed by atoms with Crippen molar-refractivity contribution in [3.05, 3.63) is 29.3 Å². The lowest BCUT2D eigenvalue weighted by molar-refractivity contribution is -0.0598. The van der Waals surface area contributed by atoms with Crippen LogP contribution in [0, 0.1) is 0 Å².